The van der Waals surface area contributed by atoms with Crippen LogP contribution in [0.2, 0.25) is 5.15 Å². The van der Waals surface area contributed by atoms with E-state index in [4.69, 9.17) is 16.3 Å². The van der Waals surface area contributed by atoms with E-state index in [-0.39, 0.29) is 27.2 Å². The number of carbonyl (C=O) groups is 2. The molecule has 0 aliphatic rings. The van der Waals surface area contributed by atoms with Crippen LogP contribution in [0.4, 0.5) is 23.0 Å². The Kier molecular flexibility index (Phi) is 5.57. The summed E-state index contributed by atoms with van der Waals surface area (Å²) in [4.78, 5) is 32.1. The van der Waals surface area contributed by atoms with Gasteiger partial charge in [-0.15, -0.1) is 11.3 Å². The average Bonchev–Trinajstić information content (AvgIpc) is 2.95. The fraction of sp³-hybridized carbons (Fsp3) is 0.333. The number of aromatic nitrogens is 2. The van der Waals surface area contributed by atoms with Crippen molar-refractivity contribution < 1.29 is 27.5 Å². The fourth-order valence-corrected chi connectivity index (χ4v) is 2.80. The fourth-order valence-electron chi connectivity index (χ4n) is 1.75. The highest BCUT2D eigenvalue weighted by atomic mass is 35.5. The third-order valence-corrected chi connectivity index (χ3v) is 4.12. The summed E-state index contributed by atoms with van der Waals surface area (Å²) in [6, 6.07) is 1.77. The van der Waals surface area contributed by atoms with E-state index in [0.29, 0.717) is 4.90 Å². The first-order chi connectivity index (χ1) is 11.9. The number of alkyl halides is 3. The first-order valence-electron chi connectivity index (χ1n) is 7.11. The van der Waals surface area contributed by atoms with Crippen molar-refractivity contribution in [3.8, 4) is 0 Å². The van der Waals surface area contributed by atoms with Gasteiger partial charge in [0.05, 0.1) is 0 Å². The van der Waals surface area contributed by atoms with E-state index >= 15 is 0 Å². The van der Waals surface area contributed by atoms with Crippen LogP contribution < -0.4 is 4.90 Å². The van der Waals surface area contributed by atoms with Gasteiger partial charge in [0, 0.05) is 12.4 Å². The molecule has 0 unspecified atom stereocenters. The molecule has 0 saturated heterocycles. The van der Waals surface area contributed by atoms with Crippen molar-refractivity contribution in [2.75, 3.05) is 4.90 Å². The summed E-state index contributed by atoms with van der Waals surface area (Å²) in [5.41, 5.74) is -1.37. The zero-order valence-corrected chi connectivity index (χ0v) is 15.4. The highest BCUT2D eigenvalue weighted by Crippen LogP contribution is 2.39. The highest BCUT2D eigenvalue weighted by Gasteiger charge is 2.37. The molecule has 140 valence electrons. The van der Waals surface area contributed by atoms with E-state index in [1.807, 2.05) is 0 Å². The van der Waals surface area contributed by atoms with Crippen molar-refractivity contribution in [3.63, 3.8) is 0 Å². The van der Waals surface area contributed by atoms with Gasteiger partial charge in [0.1, 0.15) is 15.5 Å². The Hall–Kier alpha value is -2.20. The maximum atomic E-state index is 12.9. The molecule has 0 radical (unpaired) electrons. The molecule has 0 aliphatic heterocycles. The molecule has 2 aromatic rings. The minimum absolute atomic E-state index is 0.219. The van der Waals surface area contributed by atoms with E-state index in [1.54, 1.807) is 20.8 Å². The smallest absolute Gasteiger partial charge is 0.425 e. The Morgan fingerprint density at radius 1 is 1.15 bits per heavy atom. The van der Waals surface area contributed by atoms with Gasteiger partial charge in [-0.2, -0.15) is 13.2 Å². The first kappa shape index (κ1) is 20.1. The Labute approximate surface area is 155 Å². The number of ether oxygens (including phenoxy) is 1. The summed E-state index contributed by atoms with van der Waals surface area (Å²) in [6.07, 6.45) is -3.37. The topological polar surface area (TPSA) is 72.4 Å². The summed E-state index contributed by atoms with van der Waals surface area (Å²) in [6.45, 7) is 4.66. The van der Waals surface area contributed by atoms with Gasteiger partial charge in [0.25, 0.3) is 5.91 Å². The van der Waals surface area contributed by atoms with Crippen molar-refractivity contribution in [3.05, 3.63) is 40.3 Å². The Bertz CT molecular complexity index is 833. The molecule has 2 amide bonds. The molecule has 0 aromatic carbocycles. The predicted octanol–water partition coefficient (Wildman–Crippen LogP) is 4.79. The van der Waals surface area contributed by atoms with E-state index in [9.17, 15) is 22.8 Å². The lowest BCUT2D eigenvalue weighted by Crippen LogP contribution is -2.41. The second kappa shape index (κ2) is 7.20. The summed E-state index contributed by atoms with van der Waals surface area (Å²) >= 11 is 6.04. The molecule has 6 nitrogen and oxygen atoms in total. The summed E-state index contributed by atoms with van der Waals surface area (Å²) in [7, 11) is 0. The normalized spacial score (nSPS) is 12.0. The molecular formula is C15H13ClF3N3O3S. The quantitative estimate of drug-likeness (QED) is 0.715. The maximum absolute atomic E-state index is 12.9. The Morgan fingerprint density at radius 3 is 2.27 bits per heavy atom. The van der Waals surface area contributed by atoms with E-state index < -0.39 is 28.7 Å². The molecule has 0 saturated carbocycles. The molecule has 0 fully saturated rings. The number of rotatable bonds is 2. The standard InChI is InChI=1S/C15H13ClF3N3O3S/c1-14(2,3)25-13(24)22(9-5-4-8(26-9)15(17,18)19)12(23)10-11(16)21-7-6-20-10/h4-7H,1-3H3. The van der Waals surface area contributed by atoms with Crippen LogP contribution in [0.3, 0.4) is 0 Å². The number of halogens is 4. The largest absolute Gasteiger partial charge is 0.443 e. The van der Waals surface area contributed by atoms with Crippen LogP contribution in [0.15, 0.2) is 24.5 Å². The van der Waals surface area contributed by atoms with E-state index in [1.165, 1.54) is 12.4 Å². The van der Waals surface area contributed by atoms with Crippen molar-refractivity contribution in [2.45, 2.75) is 32.5 Å². The van der Waals surface area contributed by atoms with E-state index in [2.05, 4.69) is 9.97 Å². The van der Waals surface area contributed by atoms with Gasteiger partial charge in [0.15, 0.2) is 10.8 Å². The molecule has 11 heteroatoms. The molecule has 2 heterocycles. The SMILES string of the molecule is CC(C)(C)OC(=O)N(C(=O)c1nccnc1Cl)c1ccc(C(F)(F)F)s1. The lowest BCUT2D eigenvalue weighted by Gasteiger charge is -2.25. The zero-order chi connectivity index (χ0) is 19.7. The van der Waals surface area contributed by atoms with Gasteiger partial charge in [-0.05, 0) is 32.9 Å². The van der Waals surface area contributed by atoms with Crippen LogP contribution >= 0.6 is 22.9 Å². The molecule has 0 bridgehead atoms. The van der Waals surface area contributed by atoms with Crippen molar-refractivity contribution in [1.82, 2.24) is 9.97 Å². The minimum atomic E-state index is -4.62. The molecular weight excluding hydrogens is 395 g/mol. The van der Waals surface area contributed by atoms with Crippen molar-refractivity contribution >= 4 is 39.9 Å². The third-order valence-electron chi connectivity index (χ3n) is 2.73. The molecule has 2 rings (SSSR count). The maximum Gasteiger partial charge on any atom is 0.425 e. The van der Waals surface area contributed by atoms with Crippen LogP contribution in [-0.4, -0.2) is 27.6 Å². The first-order valence-corrected chi connectivity index (χ1v) is 8.30. The second-order valence-corrected chi connectivity index (χ2v) is 7.37. The van der Waals surface area contributed by atoms with Gasteiger partial charge in [-0.3, -0.25) is 4.79 Å². The number of anilines is 1. The van der Waals surface area contributed by atoms with Crippen molar-refractivity contribution in [1.29, 1.82) is 0 Å². The molecule has 26 heavy (non-hydrogen) atoms. The summed E-state index contributed by atoms with van der Waals surface area (Å²) in [5.74, 6) is -1.05. The molecule has 2 aromatic heterocycles. The van der Waals surface area contributed by atoms with Gasteiger partial charge in [-0.25, -0.2) is 19.7 Å². The third kappa shape index (κ3) is 4.70. The number of thiophene rings is 1. The number of hydrogen-bond donors (Lipinski definition) is 0. The number of carbonyl (C=O) groups excluding carboxylic acids is 2. The molecule has 0 aliphatic carbocycles. The van der Waals surface area contributed by atoms with Crippen LogP contribution in [0.25, 0.3) is 0 Å². The van der Waals surface area contributed by atoms with Crippen LogP contribution in [0.1, 0.15) is 36.1 Å². The number of nitrogens with zero attached hydrogens (tertiary/aromatic N) is 3. The van der Waals surface area contributed by atoms with Crippen LogP contribution in [0, 0.1) is 0 Å². The number of amides is 2. The van der Waals surface area contributed by atoms with Gasteiger partial charge in [0.2, 0.25) is 0 Å². The number of imide groups is 1. The second-order valence-electron chi connectivity index (χ2n) is 5.95. The molecule has 0 N–H and O–H groups in total. The molecule has 0 atom stereocenters. The minimum Gasteiger partial charge on any atom is -0.443 e. The van der Waals surface area contributed by atoms with Gasteiger partial charge in [-0.1, -0.05) is 11.6 Å². The Morgan fingerprint density at radius 2 is 1.77 bits per heavy atom. The summed E-state index contributed by atoms with van der Waals surface area (Å²) < 4.78 is 43.7. The van der Waals surface area contributed by atoms with E-state index in [0.717, 1.165) is 12.1 Å². The predicted molar refractivity (Wildman–Crippen MR) is 89.4 cm³/mol. The average molecular weight is 408 g/mol. The van der Waals surface area contributed by atoms with Gasteiger partial charge >= 0.3 is 12.3 Å². The number of hydrogen-bond acceptors (Lipinski definition) is 6. The van der Waals surface area contributed by atoms with Crippen LogP contribution in [0.5, 0.6) is 0 Å². The summed E-state index contributed by atoms with van der Waals surface area (Å²) in [5, 5.41) is -0.572. The Balaban J connectivity index is 2.49. The molecule has 0 spiro atoms. The lowest BCUT2D eigenvalue weighted by molar-refractivity contribution is -0.134. The zero-order valence-electron chi connectivity index (χ0n) is 13.8. The van der Waals surface area contributed by atoms with Crippen molar-refractivity contribution in [2.24, 2.45) is 0 Å². The lowest BCUT2D eigenvalue weighted by atomic mass is 10.2. The monoisotopic (exact) mass is 407 g/mol. The van der Waals surface area contributed by atoms with Gasteiger partial charge < -0.3 is 4.74 Å². The highest BCUT2D eigenvalue weighted by molar-refractivity contribution is 7.16. The van der Waals surface area contributed by atoms with Crippen LogP contribution in [-0.2, 0) is 10.9 Å².